The summed E-state index contributed by atoms with van der Waals surface area (Å²) in [7, 11) is 1.68. The first-order chi connectivity index (χ1) is 6.90. The molecule has 2 aromatic rings. The fraction of sp³-hybridized carbons (Fsp3) is 0.0769. The van der Waals surface area contributed by atoms with Crippen molar-refractivity contribution in [3.05, 3.63) is 54.6 Å². The standard InChI is InChI=1S/C13H11O.BrH.Mg/c1-14-13-9-5-8-12(10-13)11-6-3-2-4-7-11;;/h3-10H,1H3;1H;/q-1;;+2/p-1. The minimum Gasteiger partial charge on any atom is -1.00 e. The van der Waals surface area contributed by atoms with Crippen LogP contribution in [0.2, 0.25) is 0 Å². The molecule has 2 aromatic carbocycles. The fourth-order valence-corrected chi connectivity index (χ4v) is 1.38. The van der Waals surface area contributed by atoms with Gasteiger partial charge in [0.2, 0.25) is 0 Å². The largest absolute Gasteiger partial charge is 2.00 e. The smallest absolute Gasteiger partial charge is 1.00 e. The first-order valence-electron chi connectivity index (χ1n) is 4.51. The Labute approximate surface area is 123 Å². The first kappa shape index (κ1) is 15.5. The zero-order valence-electron chi connectivity index (χ0n) is 9.11. The fourth-order valence-electron chi connectivity index (χ4n) is 1.38. The number of benzene rings is 2. The third kappa shape index (κ3) is 3.81. The molecule has 0 aliphatic carbocycles. The molecule has 0 aliphatic rings. The van der Waals surface area contributed by atoms with Gasteiger partial charge in [-0.05, 0) is 17.7 Å². The molecule has 16 heavy (non-hydrogen) atoms. The molecule has 0 saturated heterocycles. The van der Waals surface area contributed by atoms with E-state index in [1.165, 1.54) is 11.1 Å². The number of rotatable bonds is 2. The van der Waals surface area contributed by atoms with Crippen molar-refractivity contribution in [2.75, 3.05) is 7.11 Å². The molecule has 0 atom stereocenters. The number of hydrogen-bond acceptors (Lipinski definition) is 1. The maximum atomic E-state index is 5.17. The van der Waals surface area contributed by atoms with Crippen LogP contribution in [0, 0.1) is 6.07 Å². The van der Waals surface area contributed by atoms with Crippen LogP contribution >= 0.6 is 0 Å². The van der Waals surface area contributed by atoms with Crippen LogP contribution in [0.4, 0.5) is 0 Å². The Morgan fingerprint density at radius 2 is 1.69 bits per heavy atom. The Kier molecular flexibility index (Phi) is 7.46. The van der Waals surface area contributed by atoms with Gasteiger partial charge in [-0.2, -0.15) is 30.3 Å². The maximum Gasteiger partial charge on any atom is 2.00 e. The van der Waals surface area contributed by atoms with Crippen molar-refractivity contribution in [1.29, 1.82) is 0 Å². The summed E-state index contributed by atoms with van der Waals surface area (Å²) >= 11 is 0. The summed E-state index contributed by atoms with van der Waals surface area (Å²) in [6.07, 6.45) is 0. The molecular weight excluding hydrogens is 276 g/mol. The Balaban J connectivity index is 0.00000112. The molecule has 0 aromatic heterocycles. The van der Waals surface area contributed by atoms with Crippen molar-refractivity contribution in [3.63, 3.8) is 0 Å². The van der Waals surface area contributed by atoms with Crippen LogP contribution in [0.15, 0.2) is 48.5 Å². The first-order valence-corrected chi connectivity index (χ1v) is 4.51. The van der Waals surface area contributed by atoms with E-state index in [1.807, 2.05) is 42.5 Å². The topological polar surface area (TPSA) is 9.23 Å². The van der Waals surface area contributed by atoms with Gasteiger partial charge in [0.25, 0.3) is 0 Å². The average Bonchev–Trinajstić information content (AvgIpc) is 2.30. The van der Waals surface area contributed by atoms with Crippen LogP contribution in [0.25, 0.3) is 11.1 Å². The van der Waals surface area contributed by atoms with Gasteiger partial charge < -0.3 is 21.7 Å². The van der Waals surface area contributed by atoms with Gasteiger partial charge in [-0.25, -0.2) is 0 Å². The van der Waals surface area contributed by atoms with Crippen LogP contribution < -0.4 is 21.7 Å². The summed E-state index contributed by atoms with van der Waals surface area (Å²) in [5.74, 6) is 0.885. The summed E-state index contributed by atoms with van der Waals surface area (Å²) in [6, 6.07) is 18.9. The van der Waals surface area contributed by atoms with Gasteiger partial charge in [-0.15, -0.1) is 5.56 Å². The van der Waals surface area contributed by atoms with E-state index in [2.05, 4.69) is 12.1 Å². The zero-order valence-corrected chi connectivity index (χ0v) is 12.1. The van der Waals surface area contributed by atoms with Gasteiger partial charge in [-0.3, -0.25) is 0 Å². The summed E-state index contributed by atoms with van der Waals surface area (Å²) in [5.41, 5.74) is 2.35. The molecule has 0 bridgehead atoms. The van der Waals surface area contributed by atoms with Gasteiger partial charge in [0.05, 0.1) is 7.11 Å². The summed E-state index contributed by atoms with van der Waals surface area (Å²) in [5, 5.41) is 0. The summed E-state index contributed by atoms with van der Waals surface area (Å²) < 4.78 is 5.17. The molecule has 0 N–H and O–H groups in total. The predicted octanol–water partition coefficient (Wildman–Crippen LogP) is -0.214. The van der Waals surface area contributed by atoms with E-state index in [0.717, 1.165) is 5.75 Å². The van der Waals surface area contributed by atoms with Crippen LogP contribution in [-0.2, 0) is 0 Å². The second-order valence-electron chi connectivity index (χ2n) is 3.02. The Bertz CT molecular complexity index is 417. The zero-order chi connectivity index (χ0) is 9.80. The number of hydrogen-bond donors (Lipinski definition) is 0. The molecule has 3 heteroatoms. The monoisotopic (exact) mass is 286 g/mol. The molecule has 0 fully saturated rings. The van der Waals surface area contributed by atoms with Gasteiger partial charge >= 0.3 is 23.1 Å². The van der Waals surface area contributed by atoms with E-state index in [4.69, 9.17) is 4.74 Å². The third-order valence-electron chi connectivity index (χ3n) is 2.12. The average molecular weight is 287 g/mol. The van der Waals surface area contributed by atoms with Gasteiger partial charge in [0.15, 0.2) is 0 Å². The molecule has 0 aliphatic heterocycles. The Morgan fingerprint density at radius 1 is 1.00 bits per heavy atom. The minimum absolute atomic E-state index is 0. The molecule has 0 radical (unpaired) electrons. The van der Waals surface area contributed by atoms with Crippen molar-refractivity contribution in [2.24, 2.45) is 0 Å². The molecular formula is C13H11BrMgO. The molecule has 1 nitrogen and oxygen atoms in total. The van der Waals surface area contributed by atoms with E-state index < -0.39 is 0 Å². The summed E-state index contributed by atoms with van der Waals surface area (Å²) in [4.78, 5) is 0. The van der Waals surface area contributed by atoms with Crippen LogP contribution in [0.1, 0.15) is 0 Å². The van der Waals surface area contributed by atoms with E-state index in [0.29, 0.717) is 0 Å². The molecule has 0 spiro atoms. The van der Waals surface area contributed by atoms with Gasteiger partial charge in [-0.1, -0.05) is 12.1 Å². The minimum atomic E-state index is 0. The number of ether oxygens (including phenoxy) is 1. The van der Waals surface area contributed by atoms with Crippen molar-refractivity contribution < 1.29 is 21.7 Å². The van der Waals surface area contributed by atoms with Gasteiger partial charge in [0, 0.05) is 0 Å². The Hall–Kier alpha value is -0.514. The number of halogens is 1. The van der Waals surface area contributed by atoms with Crippen LogP contribution in [0.3, 0.4) is 0 Å². The molecule has 78 valence electrons. The predicted molar refractivity (Wildman–Crippen MR) is 63.0 cm³/mol. The van der Waals surface area contributed by atoms with Crippen LogP contribution in [-0.4, -0.2) is 30.2 Å². The van der Waals surface area contributed by atoms with E-state index in [9.17, 15) is 0 Å². The van der Waals surface area contributed by atoms with Crippen molar-refractivity contribution >= 4 is 23.1 Å². The third-order valence-corrected chi connectivity index (χ3v) is 2.12. The number of methoxy groups -OCH3 is 1. The van der Waals surface area contributed by atoms with Crippen molar-refractivity contribution in [1.82, 2.24) is 0 Å². The Morgan fingerprint density at radius 3 is 2.31 bits per heavy atom. The SMILES string of the molecule is COc1cccc(-c2cc[c-]cc2)c1.[Br-].[Mg+2]. The molecule has 0 unspecified atom stereocenters. The van der Waals surface area contributed by atoms with Crippen molar-refractivity contribution in [2.45, 2.75) is 0 Å². The molecule has 0 amide bonds. The van der Waals surface area contributed by atoms with E-state index >= 15 is 0 Å². The second kappa shape index (κ2) is 7.71. The normalized spacial score (nSPS) is 8.56. The second-order valence-corrected chi connectivity index (χ2v) is 3.02. The van der Waals surface area contributed by atoms with Crippen molar-refractivity contribution in [3.8, 4) is 16.9 Å². The van der Waals surface area contributed by atoms with E-state index in [-0.39, 0.29) is 40.0 Å². The van der Waals surface area contributed by atoms with Gasteiger partial charge in [0.1, 0.15) is 5.75 Å². The molecule has 2 rings (SSSR count). The maximum absolute atomic E-state index is 5.17. The molecule has 0 heterocycles. The van der Waals surface area contributed by atoms with Crippen LogP contribution in [0.5, 0.6) is 5.75 Å². The summed E-state index contributed by atoms with van der Waals surface area (Å²) in [6.45, 7) is 0. The molecule has 0 saturated carbocycles. The van der Waals surface area contributed by atoms with E-state index in [1.54, 1.807) is 7.11 Å². The quantitative estimate of drug-likeness (QED) is 0.548.